The van der Waals surface area contributed by atoms with Gasteiger partial charge in [-0.3, -0.25) is 4.79 Å². The average molecular weight is 375 g/mol. The van der Waals surface area contributed by atoms with Crippen LogP contribution in [0.1, 0.15) is 20.3 Å². The van der Waals surface area contributed by atoms with Crippen LogP contribution in [0.5, 0.6) is 0 Å². The van der Waals surface area contributed by atoms with E-state index in [1.165, 1.54) is 19.2 Å². The van der Waals surface area contributed by atoms with Gasteiger partial charge in [0.1, 0.15) is 5.82 Å². The zero-order chi connectivity index (χ0) is 16.7. The number of carbonyl (C=O) groups is 2. The zero-order valence-electron chi connectivity index (χ0n) is 12.8. The second kappa shape index (κ2) is 8.73. The van der Waals surface area contributed by atoms with Crippen molar-refractivity contribution in [2.45, 2.75) is 20.3 Å². The molecule has 1 rings (SSSR count). The van der Waals surface area contributed by atoms with Crippen molar-refractivity contribution in [2.24, 2.45) is 11.8 Å². The molecule has 7 heteroatoms. The SMILES string of the molecule is COC(=O)C(CNC(=O)Nc1ccc(Br)cc1F)CC(C)C. The summed E-state index contributed by atoms with van der Waals surface area (Å²) < 4.78 is 18.9. The van der Waals surface area contributed by atoms with E-state index in [0.29, 0.717) is 10.9 Å². The fraction of sp³-hybridized carbons (Fsp3) is 0.467. The molecule has 0 aliphatic carbocycles. The van der Waals surface area contributed by atoms with Crippen LogP contribution in [0.3, 0.4) is 0 Å². The predicted octanol–water partition coefficient (Wildman–Crippen LogP) is 3.55. The quantitative estimate of drug-likeness (QED) is 0.748. The molecule has 0 aromatic heterocycles. The standard InChI is InChI=1S/C15H20BrFN2O3/c1-9(2)6-10(14(20)22-3)8-18-15(21)19-13-5-4-11(16)7-12(13)17/h4-5,7,9-10H,6,8H2,1-3H3,(H2,18,19,21). The fourth-order valence-corrected chi connectivity index (χ4v) is 2.30. The molecule has 0 fully saturated rings. The van der Waals surface area contributed by atoms with Crippen molar-refractivity contribution in [1.29, 1.82) is 0 Å². The van der Waals surface area contributed by atoms with E-state index in [1.807, 2.05) is 13.8 Å². The number of hydrogen-bond donors (Lipinski definition) is 2. The van der Waals surface area contributed by atoms with Gasteiger partial charge in [0.05, 0.1) is 18.7 Å². The van der Waals surface area contributed by atoms with E-state index in [1.54, 1.807) is 6.07 Å². The number of halogens is 2. The first kappa shape index (κ1) is 18.4. The zero-order valence-corrected chi connectivity index (χ0v) is 14.4. The number of hydrogen-bond acceptors (Lipinski definition) is 3. The van der Waals surface area contributed by atoms with Gasteiger partial charge in [-0.05, 0) is 30.5 Å². The number of benzene rings is 1. The summed E-state index contributed by atoms with van der Waals surface area (Å²) in [6, 6.07) is 3.75. The van der Waals surface area contributed by atoms with E-state index in [2.05, 4.69) is 26.6 Å². The molecular weight excluding hydrogens is 355 g/mol. The van der Waals surface area contributed by atoms with E-state index in [-0.39, 0.29) is 24.1 Å². The summed E-state index contributed by atoms with van der Waals surface area (Å²) in [6.07, 6.45) is 0.597. The highest BCUT2D eigenvalue weighted by Crippen LogP contribution is 2.19. The van der Waals surface area contributed by atoms with Crippen LogP contribution in [0.25, 0.3) is 0 Å². The number of urea groups is 1. The van der Waals surface area contributed by atoms with E-state index in [9.17, 15) is 14.0 Å². The molecule has 1 atom stereocenters. The molecule has 0 radical (unpaired) electrons. The van der Waals surface area contributed by atoms with Crippen LogP contribution in [0.15, 0.2) is 22.7 Å². The molecule has 0 saturated carbocycles. The third-order valence-electron chi connectivity index (χ3n) is 2.98. The summed E-state index contributed by atoms with van der Waals surface area (Å²) in [6.45, 7) is 4.09. The topological polar surface area (TPSA) is 67.4 Å². The lowest BCUT2D eigenvalue weighted by Crippen LogP contribution is -2.36. The predicted molar refractivity (Wildman–Crippen MR) is 86.1 cm³/mol. The maximum Gasteiger partial charge on any atom is 0.319 e. The van der Waals surface area contributed by atoms with Crippen LogP contribution in [-0.2, 0) is 9.53 Å². The van der Waals surface area contributed by atoms with Gasteiger partial charge < -0.3 is 15.4 Å². The largest absolute Gasteiger partial charge is 0.469 e. The summed E-state index contributed by atoms with van der Waals surface area (Å²) in [7, 11) is 1.31. The van der Waals surface area contributed by atoms with E-state index in [4.69, 9.17) is 4.74 Å². The molecule has 0 heterocycles. The van der Waals surface area contributed by atoms with Gasteiger partial charge in [-0.25, -0.2) is 9.18 Å². The summed E-state index contributed by atoms with van der Waals surface area (Å²) in [5.41, 5.74) is 0.0687. The minimum Gasteiger partial charge on any atom is -0.469 e. The molecule has 1 aromatic rings. The van der Waals surface area contributed by atoms with Crippen molar-refractivity contribution in [3.05, 3.63) is 28.5 Å². The fourth-order valence-electron chi connectivity index (χ4n) is 1.97. The molecule has 0 spiro atoms. The Kier molecular flexibility index (Phi) is 7.31. The number of carbonyl (C=O) groups excluding carboxylic acids is 2. The molecule has 2 amide bonds. The smallest absolute Gasteiger partial charge is 0.319 e. The molecule has 1 aromatic carbocycles. The summed E-state index contributed by atoms with van der Waals surface area (Å²) in [4.78, 5) is 23.4. The number of ether oxygens (including phenoxy) is 1. The monoisotopic (exact) mass is 374 g/mol. The first-order valence-electron chi connectivity index (χ1n) is 6.91. The van der Waals surface area contributed by atoms with Crippen molar-refractivity contribution < 1.29 is 18.7 Å². The van der Waals surface area contributed by atoms with Crippen molar-refractivity contribution in [1.82, 2.24) is 5.32 Å². The lowest BCUT2D eigenvalue weighted by atomic mass is 9.97. The number of nitrogens with one attached hydrogen (secondary N) is 2. The lowest BCUT2D eigenvalue weighted by Gasteiger charge is -2.17. The highest BCUT2D eigenvalue weighted by atomic mass is 79.9. The Morgan fingerprint density at radius 3 is 2.59 bits per heavy atom. The van der Waals surface area contributed by atoms with E-state index in [0.717, 1.165) is 0 Å². The number of anilines is 1. The Morgan fingerprint density at radius 1 is 1.36 bits per heavy atom. The van der Waals surface area contributed by atoms with Crippen LogP contribution in [-0.4, -0.2) is 25.7 Å². The summed E-state index contributed by atoms with van der Waals surface area (Å²) in [5.74, 6) is -1.05. The normalized spacial score (nSPS) is 11.9. The lowest BCUT2D eigenvalue weighted by molar-refractivity contribution is -0.145. The molecule has 2 N–H and O–H groups in total. The Balaban J connectivity index is 2.58. The van der Waals surface area contributed by atoms with Gasteiger partial charge in [0.25, 0.3) is 0 Å². The molecule has 0 saturated heterocycles. The van der Waals surface area contributed by atoms with Crippen molar-refractivity contribution >= 4 is 33.6 Å². The molecular formula is C15H20BrFN2O3. The maximum absolute atomic E-state index is 13.6. The molecule has 1 unspecified atom stereocenters. The van der Waals surface area contributed by atoms with Gasteiger partial charge >= 0.3 is 12.0 Å². The van der Waals surface area contributed by atoms with Gasteiger partial charge in [0.15, 0.2) is 0 Å². The van der Waals surface area contributed by atoms with Crippen molar-refractivity contribution in [3.8, 4) is 0 Å². The molecule has 0 aliphatic rings. The van der Waals surface area contributed by atoms with Crippen LogP contribution in [0.2, 0.25) is 0 Å². The Morgan fingerprint density at radius 2 is 2.05 bits per heavy atom. The van der Waals surface area contributed by atoms with Gasteiger partial charge in [0, 0.05) is 11.0 Å². The second-order valence-electron chi connectivity index (χ2n) is 5.31. The minimum atomic E-state index is -0.570. The Bertz CT molecular complexity index is 538. The average Bonchev–Trinajstić information content (AvgIpc) is 2.45. The summed E-state index contributed by atoms with van der Waals surface area (Å²) in [5, 5.41) is 4.97. The van der Waals surface area contributed by atoms with Crippen molar-refractivity contribution in [3.63, 3.8) is 0 Å². The number of methoxy groups -OCH3 is 1. The highest BCUT2D eigenvalue weighted by molar-refractivity contribution is 9.10. The van der Waals surface area contributed by atoms with Crippen molar-refractivity contribution in [2.75, 3.05) is 19.0 Å². The van der Waals surface area contributed by atoms with E-state index < -0.39 is 17.8 Å². The Hall–Kier alpha value is -1.63. The molecule has 0 bridgehead atoms. The number of rotatable bonds is 6. The van der Waals surface area contributed by atoms with Crippen LogP contribution < -0.4 is 10.6 Å². The maximum atomic E-state index is 13.6. The second-order valence-corrected chi connectivity index (χ2v) is 6.22. The molecule has 5 nitrogen and oxygen atoms in total. The third kappa shape index (κ3) is 6.01. The van der Waals surface area contributed by atoms with Gasteiger partial charge in [0.2, 0.25) is 0 Å². The van der Waals surface area contributed by atoms with Crippen LogP contribution in [0, 0.1) is 17.7 Å². The number of amides is 2. The van der Waals surface area contributed by atoms with E-state index >= 15 is 0 Å². The van der Waals surface area contributed by atoms with Gasteiger partial charge in [-0.1, -0.05) is 29.8 Å². The van der Waals surface area contributed by atoms with Gasteiger partial charge in [-0.15, -0.1) is 0 Å². The first-order chi connectivity index (χ1) is 10.3. The molecule has 0 aliphatic heterocycles. The number of esters is 1. The third-order valence-corrected chi connectivity index (χ3v) is 3.47. The first-order valence-corrected chi connectivity index (χ1v) is 7.70. The van der Waals surface area contributed by atoms with Crippen LogP contribution in [0.4, 0.5) is 14.9 Å². The molecule has 22 heavy (non-hydrogen) atoms. The highest BCUT2D eigenvalue weighted by Gasteiger charge is 2.21. The summed E-state index contributed by atoms with van der Waals surface area (Å²) >= 11 is 3.14. The Labute approximate surface area is 137 Å². The minimum absolute atomic E-state index is 0.0687. The molecule has 122 valence electrons. The van der Waals surface area contributed by atoms with Crippen LogP contribution >= 0.6 is 15.9 Å². The van der Waals surface area contributed by atoms with Gasteiger partial charge in [-0.2, -0.15) is 0 Å².